The molecular formula is C12H29BO21P6. The van der Waals surface area contributed by atoms with Gasteiger partial charge < -0.3 is 39.2 Å². The summed E-state index contributed by atoms with van der Waals surface area (Å²) < 4.78 is 103. The summed E-state index contributed by atoms with van der Waals surface area (Å²) in [6.07, 6.45) is 0.713. The predicted octanol–water partition coefficient (Wildman–Crippen LogP) is 2.32. The van der Waals surface area contributed by atoms with Gasteiger partial charge in [-0.3, -0.25) is 9.05 Å². The van der Waals surface area contributed by atoms with Gasteiger partial charge >= 0.3 is 46.9 Å². The van der Waals surface area contributed by atoms with Gasteiger partial charge in [0.05, 0.1) is 19.3 Å². The molecule has 1 rings (SSSR count). The maximum Gasteiger partial charge on any atom is 0.490 e. The quantitative estimate of drug-likeness (QED) is 0.0542. The Bertz CT molecular complexity index is 1120. The molecule has 1 aliphatic rings. The minimum atomic E-state index is -6.34. The highest BCUT2D eigenvalue weighted by molar-refractivity contribution is 7.72. The van der Waals surface area contributed by atoms with Crippen LogP contribution in [0.1, 0.15) is 45.4 Å². The first-order valence-corrected chi connectivity index (χ1v) is 19.9. The standard InChI is InChI=1S/C12H29BO21P6/c1-2-3-4-5-6-7-27-35(15,16)30-37(19,20)32-39(23,24)34-40(25,26)33-38(21,22)31-36(17,18)28-9-11-10(14)8-12(13)29-11/h10-12,14H,2-9H2,1H3,(H,15,16)(H,17,18)(H,19,20)(H,21,22)(H,23,24)(H,25,26)/t10-,11-,12-/m1/s1. The van der Waals surface area contributed by atoms with Gasteiger partial charge in [0.15, 0.2) is 0 Å². The van der Waals surface area contributed by atoms with E-state index >= 15 is 0 Å². The van der Waals surface area contributed by atoms with Crippen molar-refractivity contribution in [2.45, 2.75) is 63.7 Å². The van der Waals surface area contributed by atoms with Crippen molar-refractivity contribution in [1.82, 2.24) is 0 Å². The number of hydrogen-bond acceptors (Lipinski definition) is 15. The van der Waals surface area contributed by atoms with Gasteiger partial charge in [0.1, 0.15) is 14.0 Å². The Hall–Kier alpha value is 0.845. The van der Waals surface area contributed by atoms with Crippen LogP contribution in [-0.4, -0.2) is 73.7 Å². The minimum Gasteiger partial charge on any atom is -0.390 e. The van der Waals surface area contributed by atoms with E-state index in [2.05, 4.69) is 30.6 Å². The SMILES string of the molecule is [B][C@H]1C[C@@H](O)[C@@H](COP(=O)(O)OP(=O)(O)OP(=O)(O)OP(=O)(O)OP(=O)(O)OP(=O)(O)OCCCCCCC)O1. The molecule has 9 atom stereocenters. The fraction of sp³-hybridized carbons (Fsp3) is 1.00. The monoisotopic (exact) mass is 706 g/mol. The van der Waals surface area contributed by atoms with Gasteiger partial charge in [-0.15, -0.1) is 0 Å². The number of phosphoric ester groups is 2. The molecular weight excluding hydrogens is 677 g/mol. The highest BCUT2D eigenvalue weighted by Gasteiger charge is 2.49. The maximum absolute atomic E-state index is 11.9. The molecule has 21 nitrogen and oxygen atoms in total. The zero-order chi connectivity index (χ0) is 31.0. The number of aliphatic hydroxyl groups excluding tert-OH is 1. The molecule has 2 radical (unpaired) electrons. The molecule has 0 spiro atoms. The highest BCUT2D eigenvalue weighted by Crippen LogP contribution is 2.75. The van der Waals surface area contributed by atoms with Crippen LogP contribution in [0.2, 0.25) is 0 Å². The number of ether oxygens (including phenoxy) is 1. The summed E-state index contributed by atoms with van der Waals surface area (Å²) in [6.45, 7) is 0.573. The molecule has 7 N–H and O–H groups in total. The van der Waals surface area contributed by atoms with E-state index in [0.717, 1.165) is 19.3 Å². The molecule has 236 valence electrons. The minimum absolute atomic E-state index is 0.0889. The van der Waals surface area contributed by atoms with Crippen molar-refractivity contribution >= 4 is 54.8 Å². The van der Waals surface area contributed by atoms with E-state index in [1.54, 1.807) is 0 Å². The third-order valence-corrected chi connectivity index (χ3v) is 13.4. The van der Waals surface area contributed by atoms with Crippen molar-refractivity contribution < 1.29 is 97.2 Å². The van der Waals surface area contributed by atoms with Crippen LogP contribution in [0.3, 0.4) is 0 Å². The van der Waals surface area contributed by atoms with E-state index in [9.17, 15) is 61.9 Å². The van der Waals surface area contributed by atoms with Crippen molar-refractivity contribution in [2.24, 2.45) is 0 Å². The lowest BCUT2D eigenvalue weighted by Crippen LogP contribution is -2.26. The molecule has 0 aromatic carbocycles. The molecule has 0 aliphatic carbocycles. The fourth-order valence-electron chi connectivity index (χ4n) is 2.72. The third-order valence-electron chi connectivity index (χ3n) is 4.19. The number of aliphatic hydroxyl groups is 1. The molecule has 1 heterocycles. The van der Waals surface area contributed by atoms with Crippen LogP contribution in [-0.2, 0) is 62.7 Å². The van der Waals surface area contributed by atoms with Crippen LogP contribution in [0.5, 0.6) is 0 Å². The first-order chi connectivity index (χ1) is 18.0. The number of phosphoric acid groups is 6. The Morgan fingerprint density at radius 3 is 1.48 bits per heavy atom. The smallest absolute Gasteiger partial charge is 0.390 e. The van der Waals surface area contributed by atoms with Gasteiger partial charge in [-0.2, -0.15) is 21.6 Å². The van der Waals surface area contributed by atoms with Crippen molar-refractivity contribution in [1.29, 1.82) is 0 Å². The lowest BCUT2D eigenvalue weighted by Gasteiger charge is -2.21. The van der Waals surface area contributed by atoms with Crippen LogP contribution in [0.15, 0.2) is 0 Å². The summed E-state index contributed by atoms with van der Waals surface area (Å²) in [6, 6.07) is -0.958. The Kier molecular flexibility index (Phi) is 15.3. The average molecular weight is 706 g/mol. The molecule has 0 aromatic rings. The van der Waals surface area contributed by atoms with Crippen LogP contribution in [0.25, 0.3) is 0 Å². The Morgan fingerprint density at radius 1 is 0.675 bits per heavy atom. The largest absolute Gasteiger partial charge is 0.490 e. The lowest BCUT2D eigenvalue weighted by molar-refractivity contribution is -0.00418. The average Bonchev–Trinajstić information content (AvgIpc) is 3.01. The van der Waals surface area contributed by atoms with Gasteiger partial charge in [-0.25, -0.2) is 27.4 Å². The molecule has 1 saturated heterocycles. The topological polar surface area (TPSA) is 318 Å². The zero-order valence-electron chi connectivity index (χ0n) is 20.5. The summed E-state index contributed by atoms with van der Waals surface area (Å²) >= 11 is 0. The molecule has 0 saturated carbocycles. The van der Waals surface area contributed by atoms with E-state index in [0.29, 0.717) is 6.42 Å². The molecule has 6 unspecified atom stereocenters. The summed E-state index contributed by atoms with van der Waals surface area (Å²) in [4.78, 5) is 56.8. The van der Waals surface area contributed by atoms with Gasteiger partial charge in [0.2, 0.25) is 0 Å². The number of rotatable bonds is 20. The zero-order valence-corrected chi connectivity index (χ0v) is 25.9. The highest BCUT2D eigenvalue weighted by atomic mass is 31.3. The van der Waals surface area contributed by atoms with Crippen molar-refractivity contribution in [2.75, 3.05) is 13.2 Å². The second-order valence-corrected chi connectivity index (χ2v) is 17.2. The molecule has 0 amide bonds. The summed E-state index contributed by atoms with van der Waals surface area (Å²) in [5.41, 5.74) is 0. The number of unbranched alkanes of at least 4 members (excludes halogenated alkanes) is 4. The Morgan fingerprint density at radius 2 is 1.07 bits per heavy atom. The van der Waals surface area contributed by atoms with E-state index < -0.39 is 78.4 Å². The Labute approximate surface area is 229 Å². The van der Waals surface area contributed by atoms with Crippen molar-refractivity contribution in [3.63, 3.8) is 0 Å². The van der Waals surface area contributed by atoms with Crippen LogP contribution < -0.4 is 0 Å². The van der Waals surface area contributed by atoms with E-state index in [-0.39, 0.29) is 12.8 Å². The Balaban J connectivity index is 2.68. The molecule has 28 heteroatoms. The molecule has 40 heavy (non-hydrogen) atoms. The summed E-state index contributed by atoms with van der Waals surface area (Å²) in [5.74, 6) is 0. The summed E-state index contributed by atoms with van der Waals surface area (Å²) in [5, 5.41) is 9.61. The van der Waals surface area contributed by atoms with Gasteiger partial charge in [0, 0.05) is 6.00 Å². The third kappa shape index (κ3) is 16.6. The second kappa shape index (κ2) is 15.7. The first-order valence-electron chi connectivity index (χ1n) is 10.9. The van der Waals surface area contributed by atoms with E-state index in [4.69, 9.17) is 12.6 Å². The lowest BCUT2D eigenvalue weighted by atomic mass is 9.96. The van der Waals surface area contributed by atoms with Crippen LogP contribution >= 0.6 is 46.9 Å². The van der Waals surface area contributed by atoms with Crippen molar-refractivity contribution in [3.05, 3.63) is 0 Å². The van der Waals surface area contributed by atoms with Gasteiger partial charge in [0.25, 0.3) is 0 Å². The van der Waals surface area contributed by atoms with Crippen molar-refractivity contribution in [3.8, 4) is 0 Å². The maximum atomic E-state index is 11.9. The molecule has 1 aliphatic heterocycles. The number of hydrogen-bond donors (Lipinski definition) is 7. The van der Waals surface area contributed by atoms with E-state index in [1.807, 2.05) is 6.92 Å². The molecule has 0 aromatic heterocycles. The molecule has 0 bridgehead atoms. The normalized spacial score (nSPS) is 28.9. The predicted molar refractivity (Wildman–Crippen MR) is 130 cm³/mol. The van der Waals surface area contributed by atoms with Gasteiger partial charge in [-0.1, -0.05) is 32.6 Å². The van der Waals surface area contributed by atoms with Gasteiger partial charge in [-0.05, 0) is 12.8 Å². The van der Waals surface area contributed by atoms with E-state index in [1.165, 1.54) is 0 Å². The summed E-state index contributed by atoms with van der Waals surface area (Å²) in [7, 11) is -30.5. The fourth-order valence-corrected chi connectivity index (χ4v) is 10.6. The van der Waals surface area contributed by atoms with Crippen LogP contribution in [0.4, 0.5) is 0 Å². The second-order valence-electron chi connectivity index (χ2n) is 7.78. The first kappa shape index (κ1) is 38.9. The molecule has 1 fully saturated rings. The van der Waals surface area contributed by atoms with Crippen LogP contribution in [0, 0.1) is 0 Å².